The molecule has 0 N–H and O–H groups in total. The lowest BCUT2D eigenvalue weighted by molar-refractivity contribution is 0.134. The highest BCUT2D eigenvalue weighted by molar-refractivity contribution is 5.25. The van der Waals surface area contributed by atoms with E-state index >= 15 is 0 Å². The molecular weight excluding hydrogens is 252 g/mol. The highest BCUT2D eigenvalue weighted by Gasteiger charge is 2.28. The van der Waals surface area contributed by atoms with Crippen molar-refractivity contribution in [1.82, 2.24) is 19.7 Å². The molecule has 0 bridgehead atoms. The number of ether oxygens (including phenoxy) is 1. The Labute approximate surface area is 119 Å². The largest absolute Gasteiger partial charge is 0.384 e. The Morgan fingerprint density at radius 1 is 1.45 bits per heavy atom. The molecule has 0 unspecified atom stereocenters. The van der Waals surface area contributed by atoms with Crippen LogP contribution in [0.3, 0.4) is 0 Å². The van der Waals surface area contributed by atoms with Crippen molar-refractivity contribution in [2.75, 3.05) is 20.3 Å². The standard InChI is InChI=1S/C15H20N4O/c1-18-8-13-9-19(7-12-4-3-5-16-6-12)10-14(11-20-2)15(13)17-18/h3-6,8,14H,7,9-11H2,1-2H3/t14-/m0/s1. The molecule has 2 aromatic heterocycles. The molecule has 0 amide bonds. The highest BCUT2D eigenvalue weighted by atomic mass is 16.5. The number of hydrogen-bond acceptors (Lipinski definition) is 4. The van der Waals surface area contributed by atoms with Crippen molar-refractivity contribution in [3.63, 3.8) is 0 Å². The first-order chi connectivity index (χ1) is 9.76. The van der Waals surface area contributed by atoms with E-state index in [1.165, 1.54) is 16.8 Å². The number of aryl methyl sites for hydroxylation is 1. The quantitative estimate of drug-likeness (QED) is 0.847. The Morgan fingerprint density at radius 3 is 3.10 bits per heavy atom. The summed E-state index contributed by atoms with van der Waals surface area (Å²) in [6.07, 6.45) is 5.87. The molecule has 0 saturated carbocycles. The van der Waals surface area contributed by atoms with Crippen LogP contribution in [-0.2, 0) is 24.9 Å². The molecular formula is C15H20N4O. The molecule has 1 aliphatic rings. The fraction of sp³-hybridized carbons (Fsp3) is 0.467. The second-order valence-corrected chi connectivity index (χ2v) is 5.40. The Bertz CT molecular complexity index is 567. The predicted octanol–water partition coefficient (Wildman–Crippen LogP) is 1.56. The van der Waals surface area contributed by atoms with Gasteiger partial charge in [-0.2, -0.15) is 5.10 Å². The molecule has 20 heavy (non-hydrogen) atoms. The first-order valence-electron chi connectivity index (χ1n) is 6.89. The van der Waals surface area contributed by atoms with Gasteiger partial charge in [-0.3, -0.25) is 14.6 Å². The van der Waals surface area contributed by atoms with Crippen LogP contribution in [0, 0.1) is 0 Å². The number of pyridine rings is 1. The topological polar surface area (TPSA) is 43.2 Å². The molecule has 3 heterocycles. The summed E-state index contributed by atoms with van der Waals surface area (Å²) in [5, 5.41) is 4.59. The fourth-order valence-corrected chi connectivity index (χ4v) is 2.93. The van der Waals surface area contributed by atoms with Crippen LogP contribution in [-0.4, -0.2) is 39.9 Å². The summed E-state index contributed by atoms with van der Waals surface area (Å²) in [4.78, 5) is 6.62. The summed E-state index contributed by atoms with van der Waals surface area (Å²) in [7, 11) is 3.73. The van der Waals surface area contributed by atoms with Crippen LogP contribution in [0.15, 0.2) is 30.7 Å². The maximum absolute atomic E-state index is 5.36. The molecule has 5 heteroatoms. The summed E-state index contributed by atoms with van der Waals surface area (Å²) < 4.78 is 7.26. The van der Waals surface area contributed by atoms with E-state index in [-0.39, 0.29) is 0 Å². The maximum atomic E-state index is 5.36. The first-order valence-corrected chi connectivity index (χ1v) is 6.89. The maximum Gasteiger partial charge on any atom is 0.0736 e. The summed E-state index contributed by atoms with van der Waals surface area (Å²) >= 11 is 0. The van der Waals surface area contributed by atoms with Crippen molar-refractivity contribution in [3.8, 4) is 0 Å². The van der Waals surface area contributed by atoms with E-state index in [0.29, 0.717) is 12.5 Å². The Hall–Kier alpha value is -1.72. The number of nitrogens with zero attached hydrogens (tertiary/aromatic N) is 4. The van der Waals surface area contributed by atoms with Crippen LogP contribution >= 0.6 is 0 Å². The van der Waals surface area contributed by atoms with Crippen molar-refractivity contribution >= 4 is 0 Å². The molecule has 0 radical (unpaired) electrons. The summed E-state index contributed by atoms with van der Waals surface area (Å²) in [5.41, 5.74) is 3.75. The summed E-state index contributed by atoms with van der Waals surface area (Å²) in [5.74, 6) is 0.349. The van der Waals surface area contributed by atoms with E-state index in [1.807, 2.05) is 30.2 Å². The van der Waals surface area contributed by atoms with E-state index in [4.69, 9.17) is 4.74 Å². The van der Waals surface area contributed by atoms with Crippen molar-refractivity contribution in [3.05, 3.63) is 47.5 Å². The number of aromatic nitrogens is 3. The van der Waals surface area contributed by atoms with Crippen LogP contribution in [0.4, 0.5) is 0 Å². The average molecular weight is 272 g/mol. The SMILES string of the molecule is COC[C@@H]1CN(Cc2cccnc2)Cc2cn(C)nc21. The molecule has 2 aromatic rings. The second kappa shape index (κ2) is 5.73. The van der Waals surface area contributed by atoms with Crippen molar-refractivity contribution in [2.24, 2.45) is 7.05 Å². The Balaban J connectivity index is 1.79. The van der Waals surface area contributed by atoms with Gasteiger partial charge in [-0.1, -0.05) is 6.07 Å². The third kappa shape index (κ3) is 2.73. The molecule has 1 atom stereocenters. The summed E-state index contributed by atoms with van der Waals surface area (Å²) in [6, 6.07) is 4.11. The summed E-state index contributed by atoms with van der Waals surface area (Å²) in [6.45, 7) is 3.56. The molecule has 0 aromatic carbocycles. The van der Waals surface area contributed by atoms with Crippen LogP contribution in [0.2, 0.25) is 0 Å². The van der Waals surface area contributed by atoms with E-state index in [0.717, 1.165) is 19.6 Å². The predicted molar refractivity (Wildman–Crippen MR) is 76.2 cm³/mol. The molecule has 0 aliphatic carbocycles. The first kappa shape index (κ1) is 13.3. The molecule has 0 saturated heterocycles. The third-order valence-electron chi connectivity index (χ3n) is 3.69. The smallest absolute Gasteiger partial charge is 0.0736 e. The zero-order valence-electron chi connectivity index (χ0n) is 12.0. The van der Waals surface area contributed by atoms with Gasteiger partial charge in [0, 0.05) is 63.9 Å². The number of rotatable bonds is 4. The van der Waals surface area contributed by atoms with Gasteiger partial charge in [-0.05, 0) is 11.6 Å². The van der Waals surface area contributed by atoms with E-state index in [1.54, 1.807) is 7.11 Å². The van der Waals surface area contributed by atoms with Gasteiger partial charge in [0.2, 0.25) is 0 Å². The molecule has 0 fully saturated rings. The zero-order chi connectivity index (χ0) is 13.9. The van der Waals surface area contributed by atoms with Gasteiger partial charge in [0.25, 0.3) is 0 Å². The normalized spacial score (nSPS) is 19.0. The highest BCUT2D eigenvalue weighted by Crippen LogP contribution is 2.28. The molecule has 0 spiro atoms. The fourth-order valence-electron chi connectivity index (χ4n) is 2.93. The van der Waals surface area contributed by atoms with E-state index < -0.39 is 0 Å². The minimum absolute atomic E-state index is 0.349. The van der Waals surface area contributed by atoms with Crippen LogP contribution in [0.25, 0.3) is 0 Å². The van der Waals surface area contributed by atoms with Crippen LogP contribution in [0.1, 0.15) is 22.7 Å². The van der Waals surface area contributed by atoms with E-state index in [9.17, 15) is 0 Å². The number of hydrogen-bond donors (Lipinski definition) is 0. The zero-order valence-corrected chi connectivity index (χ0v) is 12.0. The monoisotopic (exact) mass is 272 g/mol. The van der Waals surface area contributed by atoms with Gasteiger partial charge >= 0.3 is 0 Å². The van der Waals surface area contributed by atoms with Gasteiger partial charge in [-0.15, -0.1) is 0 Å². The van der Waals surface area contributed by atoms with Gasteiger partial charge in [0.1, 0.15) is 0 Å². The lowest BCUT2D eigenvalue weighted by atomic mass is 9.97. The van der Waals surface area contributed by atoms with Gasteiger partial charge in [-0.25, -0.2) is 0 Å². The van der Waals surface area contributed by atoms with Gasteiger partial charge in [0.15, 0.2) is 0 Å². The van der Waals surface area contributed by atoms with Crippen LogP contribution < -0.4 is 0 Å². The van der Waals surface area contributed by atoms with E-state index in [2.05, 4.69) is 27.2 Å². The molecule has 5 nitrogen and oxygen atoms in total. The minimum atomic E-state index is 0.349. The van der Waals surface area contributed by atoms with Crippen molar-refractivity contribution < 1.29 is 4.74 Å². The Morgan fingerprint density at radius 2 is 2.35 bits per heavy atom. The van der Waals surface area contributed by atoms with Crippen LogP contribution in [0.5, 0.6) is 0 Å². The third-order valence-corrected chi connectivity index (χ3v) is 3.69. The number of methoxy groups -OCH3 is 1. The number of fused-ring (bicyclic) bond motifs is 1. The average Bonchev–Trinajstić information content (AvgIpc) is 2.81. The van der Waals surface area contributed by atoms with Gasteiger partial charge < -0.3 is 4.74 Å². The van der Waals surface area contributed by atoms with Crippen molar-refractivity contribution in [1.29, 1.82) is 0 Å². The van der Waals surface area contributed by atoms with Crippen molar-refractivity contribution in [2.45, 2.75) is 19.0 Å². The second-order valence-electron chi connectivity index (χ2n) is 5.40. The molecule has 1 aliphatic heterocycles. The lowest BCUT2D eigenvalue weighted by Gasteiger charge is -2.31. The molecule has 3 rings (SSSR count). The Kier molecular flexibility index (Phi) is 3.80. The van der Waals surface area contributed by atoms with Gasteiger partial charge in [0.05, 0.1) is 12.3 Å². The minimum Gasteiger partial charge on any atom is -0.384 e. The molecule has 106 valence electrons. The lowest BCUT2D eigenvalue weighted by Crippen LogP contribution is -2.34.